The highest BCUT2D eigenvalue weighted by molar-refractivity contribution is 6.94. The van der Waals surface area contributed by atoms with E-state index in [0.29, 0.717) is 37.5 Å². The van der Waals surface area contributed by atoms with Crippen molar-refractivity contribution in [3.63, 3.8) is 0 Å². The standard InChI is InChI=1S/C30H48O4Si/c1-7-26-12-14-27(15-13-26)35(24(2)3,25(4)5)23-10-8-9-16-28(6)29(31-19-20-32-29)17-11-18-30(28)33-21-22-34-30/h8,10,12-15,24-25H,7,9,11,16-23H2,1-6H3/b10-8+. The molecular weight excluding hydrogens is 452 g/mol. The highest BCUT2D eigenvalue weighted by Crippen LogP contribution is 2.59. The molecule has 2 aliphatic heterocycles. The summed E-state index contributed by atoms with van der Waals surface area (Å²) in [4.78, 5) is 0. The van der Waals surface area contributed by atoms with Crippen molar-refractivity contribution in [2.45, 2.75) is 109 Å². The third kappa shape index (κ3) is 4.61. The van der Waals surface area contributed by atoms with Crippen molar-refractivity contribution < 1.29 is 18.9 Å². The van der Waals surface area contributed by atoms with Crippen molar-refractivity contribution >= 4 is 13.3 Å². The Labute approximate surface area is 214 Å². The van der Waals surface area contributed by atoms with Crippen molar-refractivity contribution in [1.29, 1.82) is 0 Å². The predicted octanol–water partition coefficient (Wildman–Crippen LogP) is 6.74. The summed E-state index contributed by atoms with van der Waals surface area (Å²) in [5.74, 6) is -1.17. The molecule has 4 rings (SSSR count). The number of ether oxygens (including phenoxy) is 4. The van der Waals surface area contributed by atoms with Crippen LogP contribution < -0.4 is 5.19 Å². The SMILES string of the molecule is CCc1ccc([Si](C/C=C/CCC2(C)C3(CCCC24OCCO4)OCCO3)(C(C)C)C(C)C)cc1. The van der Waals surface area contributed by atoms with E-state index in [1.807, 2.05) is 0 Å². The molecule has 5 heteroatoms. The van der Waals surface area contributed by atoms with Gasteiger partial charge in [-0.1, -0.05) is 76.2 Å². The van der Waals surface area contributed by atoms with Gasteiger partial charge in [-0.05, 0) is 55.3 Å². The number of hydrogen-bond donors (Lipinski definition) is 0. The Kier molecular flexibility index (Phi) is 8.34. The second kappa shape index (κ2) is 10.8. The van der Waals surface area contributed by atoms with Crippen LogP contribution in [0.4, 0.5) is 0 Å². The van der Waals surface area contributed by atoms with Gasteiger partial charge in [0.15, 0.2) is 11.6 Å². The smallest absolute Gasteiger partial charge is 0.178 e. The summed E-state index contributed by atoms with van der Waals surface area (Å²) in [5, 5.41) is 1.60. The van der Waals surface area contributed by atoms with Gasteiger partial charge in [-0.15, -0.1) is 0 Å². The Morgan fingerprint density at radius 3 is 1.80 bits per heavy atom. The maximum Gasteiger partial charge on any atom is 0.178 e. The molecule has 0 atom stereocenters. The number of allylic oxidation sites excluding steroid dienone is 2. The van der Waals surface area contributed by atoms with Crippen molar-refractivity contribution in [3.05, 3.63) is 42.0 Å². The van der Waals surface area contributed by atoms with E-state index in [1.165, 1.54) is 11.6 Å². The second-order valence-corrected chi connectivity index (χ2v) is 17.1. The van der Waals surface area contributed by atoms with Crippen molar-refractivity contribution in [1.82, 2.24) is 0 Å². The summed E-state index contributed by atoms with van der Waals surface area (Å²) < 4.78 is 25.3. The summed E-state index contributed by atoms with van der Waals surface area (Å²) in [7, 11) is -1.72. The van der Waals surface area contributed by atoms with Crippen LogP contribution in [-0.4, -0.2) is 46.1 Å². The maximum absolute atomic E-state index is 6.34. The van der Waals surface area contributed by atoms with Crippen LogP contribution in [0, 0.1) is 5.41 Å². The topological polar surface area (TPSA) is 36.9 Å². The summed E-state index contributed by atoms with van der Waals surface area (Å²) in [5.41, 5.74) is 2.47. The fourth-order valence-corrected chi connectivity index (χ4v) is 12.5. The molecule has 1 aromatic rings. The van der Waals surface area contributed by atoms with Gasteiger partial charge in [0.1, 0.15) is 0 Å². The van der Waals surface area contributed by atoms with Crippen molar-refractivity contribution in [3.8, 4) is 0 Å². The molecule has 0 N–H and O–H groups in total. The van der Waals surface area contributed by atoms with Gasteiger partial charge in [-0.25, -0.2) is 0 Å². The number of benzene rings is 1. The first-order chi connectivity index (χ1) is 16.8. The molecule has 3 fully saturated rings. The molecule has 2 saturated heterocycles. The molecular formula is C30H48O4Si. The average molecular weight is 501 g/mol. The first-order valence-corrected chi connectivity index (χ1v) is 16.4. The Hall–Kier alpha value is -0.983. The summed E-state index contributed by atoms with van der Waals surface area (Å²) in [6.45, 7) is 16.9. The minimum absolute atomic E-state index is 0.323. The molecule has 1 aliphatic carbocycles. The van der Waals surface area contributed by atoms with Gasteiger partial charge in [0.25, 0.3) is 0 Å². The molecule has 35 heavy (non-hydrogen) atoms. The van der Waals surface area contributed by atoms with E-state index in [1.54, 1.807) is 5.19 Å². The molecule has 0 radical (unpaired) electrons. The summed E-state index contributed by atoms with van der Waals surface area (Å²) in [6, 6.07) is 10.7. The van der Waals surface area contributed by atoms with Gasteiger partial charge >= 0.3 is 0 Å². The van der Waals surface area contributed by atoms with Crippen LogP contribution in [0.25, 0.3) is 0 Å². The third-order valence-corrected chi connectivity index (χ3v) is 16.0. The minimum Gasteiger partial charge on any atom is -0.347 e. The number of aryl methyl sites for hydroxylation is 1. The fraction of sp³-hybridized carbons (Fsp3) is 0.733. The molecule has 0 amide bonds. The predicted molar refractivity (Wildman–Crippen MR) is 146 cm³/mol. The molecule has 4 nitrogen and oxygen atoms in total. The quantitative estimate of drug-likeness (QED) is 0.278. The first-order valence-electron chi connectivity index (χ1n) is 14.1. The second-order valence-electron chi connectivity index (χ2n) is 11.7. The number of hydrogen-bond acceptors (Lipinski definition) is 4. The van der Waals surface area contributed by atoms with E-state index in [-0.39, 0.29) is 5.41 Å². The molecule has 0 aromatic heterocycles. The molecule has 0 unspecified atom stereocenters. The first kappa shape index (κ1) is 27.1. The van der Waals surface area contributed by atoms with Crippen LogP contribution in [0.1, 0.15) is 79.2 Å². The van der Waals surface area contributed by atoms with E-state index in [4.69, 9.17) is 18.9 Å². The molecule has 2 heterocycles. The lowest BCUT2D eigenvalue weighted by Crippen LogP contribution is -2.64. The van der Waals surface area contributed by atoms with Crippen LogP contribution in [0.2, 0.25) is 17.1 Å². The normalized spacial score (nSPS) is 23.4. The lowest BCUT2D eigenvalue weighted by atomic mass is 9.63. The monoisotopic (exact) mass is 500 g/mol. The van der Waals surface area contributed by atoms with Crippen LogP contribution in [0.15, 0.2) is 36.4 Å². The van der Waals surface area contributed by atoms with Gasteiger partial charge in [0.05, 0.1) is 39.9 Å². The van der Waals surface area contributed by atoms with E-state index in [0.717, 1.165) is 38.5 Å². The third-order valence-electron chi connectivity index (χ3n) is 9.59. The highest BCUT2D eigenvalue weighted by Gasteiger charge is 2.67. The zero-order valence-corrected chi connectivity index (χ0v) is 24.0. The van der Waals surface area contributed by atoms with E-state index >= 15 is 0 Å². The van der Waals surface area contributed by atoms with Gasteiger partial charge < -0.3 is 18.9 Å². The van der Waals surface area contributed by atoms with E-state index < -0.39 is 19.6 Å². The molecule has 0 bridgehead atoms. The molecule has 2 spiro atoms. The van der Waals surface area contributed by atoms with Gasteiger partial charge in [0, 0.05) is 12.8 Å². The Morgan fingerprint density at radius 1 is 0.829 bits per heavy atom. The lowest BCUT2D eigenvalue weighted by molar-refractivity contribution is -0.363. The van der Waals surface area contributed by atoms with E-state index in [9.17, 15) is 0 Å². The van der Waals surface area contributed by atoms with Crippen LogP contribution in [0.5, 0.6) is 0 Å². The van der Waals surface area contributed by atoms with Gasteiger partial charge in [-0.3, -0.25) is 0 Å². The Bertz CT molecular complexity index is 816. The summed E-state index contributed by atoms with van der Waals surface area (Å²) >= 11 is 0. The van der Waals surface area contributed by atoms with Gasteiger partial charge in [0.2, 0.25) is 0 Å². The largest absolute Gasteiger partial charge is 0.347 e. The average Bonchev–Trinajstić information content (AvgIpc) is 3.52. The molecule has 1 saturated carbocycles. The fourth-order valence-electron chi connectivity index (χ4n) is 7.35. The lowest BCUT2D eigenvalue weighted by Gasteiger charge is -2.56. The van der Waals surface area contributed by atoms with Crippen LogP contribution in [0.3, 0.4) is 0 Å². The number of rotatable bonds is 9. The molecule has 3 aliphatic rings. The molecule has 196 valence electrons. The van der Waals surface area contributed by atoms with Gasteiger partial charge in [-0.2, -0.15) is 0 Å². The highest BCUT2D eigenvalue weighted by atomic mass is 28.3. The van der Waals surface area contributed by atoms with Crippen LogP contribution in [-0.2, 0) is 25.4 Å². The maximum atomic E-state index is 6.34. The van der Waals surface area contributed by atoms with Crippen LogP contribution >= 0.6 is 0 Å². The summed E-state index contributed by atoms with van der Waals surface area (Å²) in [6.07, 6.45) is 10.8. The van der Waals surface area contributed by atoms with Crippen molar-refractivity contribution in [2.24, 2.45) is 5.41 Å². The zero-order chi connectivity index (χ0) is 25.2. The van der Waals surface area contributed by atoms with Crippen molar-refractivity contribution in [2.75, 3.05) is 26.4 Å². The van der Waals surface area contributed by atoms with E-state index in [2.05, 4.69) is 78.0 Å². The molecule has 1 aromatic carbocycles. The Morgan fingerprint density at radius 2 is 1.34 bits per heavy atom. The minimum atomic E-state index is -1.72. The zero-order valence-electron chi connectivity index (χ0n) is 23.0. The Balaban J connectivity index is 1.51.